The molecule has 0 saturated heterocycles. The molecule has 0 fully saturated rings. The van der Waals surface area contributed by atoms with Crippen molar-refractivity contribution in [3.05, 3.63) is 0 Å². The SMILES string of the molecule is CN(CCN)CCCCCNC(=O)O. The average Bonchev–Trinajstić information content (AvgIpc) is 2.11. The van der Waals surface area contributed by atoms with Gasteiger partial charge in [-0.25, -0.2) is 4.79 Å². The van der Waals surface area contributed by atoms with Crippen LogP contribution in [0.15, 0.2) is 0 Å². The van der Waals surface area contributed by atoms with Gasteiger partial charge in [0.2, 0.25) is 0 Å². The molecule has 0 heterocycles. The number of carboxylic acid groups (broad SMARTS) is 1. The first-order valence-corrected chi connectivity index (χ1v) is 5.02. The van der Waals surface area contributed by atoms with Crippen LogP contribution in [0, 0.1) is 0 Å². The van der Waals surface area contributed by atoms with E-state index in [9.17, 15) is 4.79 Å². The Morgan fingerprint density at radius 1 is 1.36 bits per heavy atom. The Hall–Kier alpha value is -0.810. The van der Waals surface area contributed by atoms with Gasteiger partial charge in [-0.05, 0) is 26.4 Å². The third-order valence-corrected chi connectivity index (χ3v) is 2.00. The zero-order valence-corrected chi connectivity index (χ0v) is 8.83. The third kappa shape index (κ3) is 9.28. The van der Waals surface area contributed by atoms with Crippen LogP contribution in [0.1, 0.15) is 19.3 Å². The Balaban J connectivity index is 3.09. The van der Waals surface area contributed by atoms with E-state index in [0.717, 1.165) is 32.4 Å². The van der Waals surface area contributed by atoms with Crippen molar-refractivity contribution in [3.63, 3.8) is 0 Å². The number of unbranched alkanes of at least 4 members (excludes halogenated alkanes) is 2. The summed E-state index contributed by atoms with van der Waals surface area (Å²) in [5.41, 5.74) is 5.40. The number of likely N-dealkylation sites (N-methyl/N-ethyl adjacent to an activating group) is 1. The van der Waals surface area contributed by atoms with Crippen molar-refractivity contribution in [3.8, 4) is 0 Å². The highest BCUT2D eigenvalue weighted by molar-refractivity contribution is 5.64. The first-order chi connectivity index (χ1) is 6.66. The van der Waals surface area contributed by atoms with E-state index >= 15 is 0 Å². The summed E-state index contributed by atoms with van der Waals surface area (Å²) in [6.07, 6.45) is 2.11. The van der Waals surface area contributed by atoms with Gasteiger partial charge in [-0.2, -0.15) is 0 Å². The average molecular weight is 203 g/mol. The smallest absolute Gasteiger partial charge is 0.404 e. The maximum Gasteiger partial charge on any atom is 0.404 e. The monoisotopic (exact) mass is 203 g/mol. The van der Waals surface area contributed by atoms with Gasteiger partial charge in [0.1, 0.15) is 0 Å². The molecule has 0 bridgehead atoms. The molecule has 0 aromatic heterocycles. The minimum atomic E-state index is -0.940. The minimum absolute atomic E-state index is 0.552. The van der Waals surface area contributed by atoms with E-state index in [2.05, 4.69) is 10.2 Å². The molecule has 0 saturated carbocycles. The summed E-state index contributed by atoms with van der Waals surface area (Å²) in [6.45, 7) is 3.20. The lowest BCUT2D eigenvalue weighted by molar-refractivity contribution is 0.194. The fraction of sp³-hybridized carbons (Fsp3) is 0.889. The van der Waals surface area contributed by atoms with Crippen molar-refractivity contribution in [1.29, 1.82) is 0 Å². The minimum Gasteiger partial charge on any atom is -0.465 e. The zero-order valence-electron chi connectivity index (χ0n) is 8.83. The number of amides is 1. The van der Waals surface area contributed by atoms with Gasteiger partial charge in [0.15, 0.2) is 0 Å². The van der Waals surface area contributed by atoms with E-state index in [4.69, 9.17) is 10.8 Å². The Labute approximate surface area is 85.3 Å². The normalized spacial score (nSPS) is 10.5. The van der Waals surface area contributed by atoms with Gasteiger partial charge < -0.3 is 21.1 Å². The van der Waals surface area contributed by atoms with E-state index in [0.29, 0.717) is 13.1 Å². The molecule has 0 aromatic carbocycles. The van der Waals surface area contributed by atoms with Crippen LogP contribution in [0.4, 0.5) is 4.79 Å². The van der Waals surface area contributed by atoms with E-state index in [-0.39, 0.29) is 0 Å². The molecule has 0 aliphatic rings. The largest absolute Gasteiger partial charge is 0.465 e. The van der Waals surface area contributed by atoms with E-state index < -0.39 is 6.09 Å². The summed E-state index contributed by atoms with van der Waals surface area (Å²) in [4.78, 5) is 12.3. The maximum atomic E-state index is 10.1. The second-order valence-electron chi connectivity index (χ2n) is 3.38. The lowest BCUT2D eigenvalue weighted by Crippen LogP contribution is -2.26. The summed E-state index contributed by atoms with van der Waals surface area (Å²) in [7, 11) is 2.04. The number of rotatable bonds is 8. The van der Waals surface area contributed by atoms with Crippen molar-refractivity contribution in [2.45, 2.75) is 19.3 Å². The van der Waals surface area contributed by atoms with Gasteiger partial charge >= 0.3 is 6.09 Å². The molecule has 14 heavy (non-hydrogen) atoms. The molecule has 4 N–H and O–H groups in total. The second-order valence-corrected chi connectivity index (χ2v) is 3.38. The zero-order chi connectivity index (χ0) is 10.8. The van der Waals surface area contributed by atoms with Crippen LogP contribution in [0.5, 0.6) is 0 Å². The first kappa shape index (κ1) is 13.2. The Kier molecular flexibility index (Phi) is 8.27. The molecule has 84 valence electrons. The molecule has 0 rings (SSSR count). The maximum absolute atomic E-state index is 10.1. The number of hydrogen-bond donors (Lipinski definition) is 3. The molecule has 0 spiro atoms. The van der Waals surface area contributed by atoms with Gasteiger partial charge in [-0.15, -0.1) is 0 Å². The third-order valence-electron chi connectivity index (χ3n) is 2.00. The van der Waals surface area contributed by atoms with Crippen LogP contribution < -0.4 is 11.1 Å². The van der Waals surface area contributed by atoms with Crippen LogP contribution in [0.25, 0.3) is 0 Å². The van der Waals surface area contributed by atoms with Crippen molar-refractivity contribution < 1.29 is 9.90 Å². The molecule has 1 amide bonds. The number of nitrogens with zero attached hydrogens (tertiary/aromatic N) is 1. The van der Waals surface area contributed by atoms with E-state index in [1.165, 1.54) is 0 Å². The molecule has 0 aliphatic carbocycles. The lowest BCUT2D eigenvalue weighted by atomic mass is 10.2. The Morgan fingerprint density at radius 2 is 2.07 bits per heavy atom. The summed E-state index contributed by atoms with van der Waals surface area (Å²) in [5, 5.41) is 10.6. The molecule has 0 unspecified atom stereocenters. The van der Waals surface area contributed by atoms with Crippen LogP contribution in [-0.2, 0) is 0 Å². The van der Waals surface area contributed by atoms with Crippen molar-refractivity contribution in [2.24, 2.45) is 5.73 Å². The molecule has 0 atom stereocenters. The predicted molar refractivity (Wildman–Crippen MR) is 56.4 cm³/mol. The molecule has 0 radical (unpaired) electrons. The highest BCUT2D eigenvalue weighted by Gasteiger charge is 1.97. The van der Waals surface area contributed by atoms with Gasteiger partial charge in [-0.3, -0.25) is 0 Å². The van der Waals surface area contributed by atoms with Gasteiger partial charge in [0.25, 0.3) is 0 Å². The fourth-order valence-electron chi connectivity index (χ4n) is 1.21. The van der Waals surface area contributed by atoms with Gasteiger partial charge in [0, 0.05) is 19.6 Å². The highest BCUT2D eigenvalue weighted by atomic mass is 16.4. The Bertz CT molecular complexity index is 153. The first-order valence-electron chi connectivity index (χ1n) is 5.02. The number of hydrogen-bond acceptors (Lipinski definition) is 3. The Morgan fingerprint density at radius 3 is 2.64 bits per heavy atom. The highest BCUT2D eigenvalue weighted by Crippen LogP contribution is 1.95. The quantitative estimate of drug-likeness (QED) is 0.496. The fourth-order valence-corrected chi connectivity index (χ4v) is 1.21. The van der Waals surface area contributed by atoms with Crippen molar-refractivity contribution in [1.82, 2.24) is 10.2 Å². The van der Waals surface area contributed by atoms with E-state index in [1.54, 1.807) is 0 Å². The lowest BCUT2D eigenvalue weighted by Gasteiger charge is -2.14. The molecule has 0 aliphatic heterocycles. The van der Waals surface area contributed by atoms with Gasteiger partial charge in [-0.1, -0.05) is 6.42 Å². The molecule has 0 aromatic rings. The predicted octanol–water partition coefficient (Wildman–Crippen LogP) is 0.315. The second kappa shape index (κ2) is 8.77. The van der Waals surface area contributed by atoms with Crippen molar-refractivity contribution in [2.75, 3.05) is 33.2 Å². The molecule has 5 nitrogen and oxygen atoms in total. The number of nitrogens with one attached hydrogen (secondary N) is 1. The number of nitrogens with two attached hydrogens (primary N) is 1. The standard InChI is InChI=1S/C9H21N3O2/c1-12(8-5-10)7-4-2-3-6-11-9(13)14/h11H,2-8,10H2,1H3,(H,13,14). The summed E-state index contributed by atoms with van der Waals surface area (Å²) < 4.78 is 0. The van der Waals surface area contributed by atoms with Crippen LogP contribution in [-0.4, -0.2) is 49.3 Å². The molecular weight excluding hydrogens is 182 g/mol. The van der Waals surface area contributed by atoms with Crippen molar-refractivity contribution >= 4 is 6.09 Å². The molecule has 5 heteroatoms. The van der Waals surface area contributed by atoms with Crippen LogP contribution in [0.3, 0.4) is 0 Å². The summed E-state index contributed by atoms with van der Waals surface area (Å²) >= 11 is 0. The van der Waals surface area contributed by atoms with Gasteiger partial charge in [0.05, 0.1) is 0 Å². The summed E-state index contributed by atoms with van der Waals surface area (Å²) in [5.74, 6) is 0. The summed E-state index contributed by atoms with van der Waals surface area (Å²) in [6, 6.07) is 0. The van der Waals surface area contributed by atoms with Crippen LogP contribution in [0.2, 0.25) is 0 Å². The molecular formula is C9H21N3O2. The van der Waals surface area contributed by atoms with E-state index in [1.807, 2.05) is 7.05 Å². The topological polar surface area (TPSA) is 78.6 Å². The van der Waals surface area contributed by atoms with Crippen LogP contribution >= 0.6 is 0 Å². The number of carbonyl (C=O) groups is 1.